The summed E-state index contributed by atoms with van der Waals surface area (Å²) in [5.41, 5.74) is 1.88. The maximum atomic E-state index is 12.1. The lowest BCUT2D eigenvalue weighted by molar-refractivity contribution is -0.145. The van der Waals surface area contributed by atoms with Gasteiger partial charge in [0, 0.05) is 23.6 Å². The number of ether oxygens (including phenoxy) is 2. The number of aromatic nitrogens is 1. The molecule has 0 radical (unpaired) electrons. The fraction of sp³-hybridized carbons (Fsp3) is 0.235. The van der Waals surface area contributed by atoms with Crippen LogP contribution in [0.3, 0.4) is 0 Å². The fourth-order valence-corrected chi connectivity index (χ4v) is 1.81. The van der Waals surface area contributed by atoms with E-state index in [0.29, 0.717) is 23.6 Å². The molecular formula is C17H18N2O4. The molecule has 0 aliphatic rings. The van der Waals surface area contributed by atoms with Crippen LogP contribution in [-0.2, 0) is 9.53 Å². The van der Waals surface area contributed by atoms with Gasteiger partial charge in [0.05, 0.1) is 12.2 Å². The van der Waals surface area contributed by atoms with Gasteiger partial charge in [-0.1, -0.05) is 6.07 Å². The Bertz CT molecular complexity index is 683. The van der Waals surface area contributed by atoms with Crippen LogP contribution in [0.25, 0.3) is 0 Å². The minimum absolute atomic E-state index is 0.173. The molecule has 1 amide bonds. The van der Waals surface area contributed by atoms with Gasteiger partial charge in [0.25, 0.3) is 5.91 Å². The van der Waals surface area contributed by atoms with Crippen LogP contribution in [0, 0.1) is 6.92 Å². The molecule has 120 valence electrons. The lowest BCUT2D eigenvalue weighted by atomic mass is 10.2. The van der Waals surface area contributed by atoms with Gasteiger partial charge in [-0.15, -0.1) is 0 Å². The molecule has 0 unspecified atom stereocenters. The van der Waals surface area contributed by atoms with Gasteiger partial charge in [0.2, 0.25) is 0 Å². The highest BCUT2D eigenvalue weighted by Gasteiger charge is 2.08. The summed E-state index contributed by atoms with van der Waals surface area (Å²) < 4.78 is 10.1. The molecule has 1 N–H and O–H groups in total. The van der Waals surface area contributed by atoms with Gasteiger partial charge in [-0.3, -0.25) is 9.78 Å². The minimum atomic E-state index is -0.437. The number of rotatable bonds is 6. The molecule has 0 aliphatic carbocycles. The minimum Gasteiger partial charge on any atom is -0.482 e. The second-order valence-electron chi connectivity index (χ2n) is 4.76. The molecule has 2 aromatic rings. The topological polar surface area (TPSA) is 77.5 Å². The maximum Gasteiger partial charge on any atom is 0.344 e. The molecule has 0 saturated heterocycles. The van der Waals surface area contributed by atoms with Gasteiger partial charge in [-0.25, -0.2) is 4.79 Å². The number of pyridine rings is 1. The summed E-state index contributed by atoms with van der Waals surface area (Å²) in [6.45, 7) is 3.72. The van der Waals surface area contributed by atoms with Gasteiger partial charge >= 0.3 is 5.97 Å². The van der Waals surface area contributed by atoms with E-state index in [1.165, 1.54) is 6.20 Å². The number of aryl methyl sites for hydroxylation is 1. The summed E-state index contributed by atoms with van der Waals surface area (Å²) in [5.74, 6) is -0.231. The molecule has 0 atom stereocenters. The third kappa shape index (κ3) is 5.10. The van der Waals surface area contributed by atoms with Crippen LogP contribution in [0.1, 0.15) is 23.0 Å². The van der Waals surface area contributed by atoms with Crippen molar-refractivity contribution in [3.63, 3.8) is 0 Å². The van der Waals surface area contributed by atoms with Crippen LogP contribution in [0.15, 0.2) is 42.6 Å². The lowest BCUT2D eigenvalue weighted by Gasteiger charge is -2.09. The molecule has 2 rings (SSSR count). The van der Waals surface area contributed by atoms with Crippen molar-refractivity contribution in [3.05, 3.63) is 53.9 Å². The molecule has 1 aromatic heterocycles. The summed E-state index contributed by atoms with van der Waals surface area (Å²) in [7, 11) is 0. The number of benzene rings is 1. The average Bonchev–Trinajstić information content (AvgIpc) is 2.54. The van der Waals surface area contributed by atoms with Crippen LogP contribution in [0.4, 0.5) is 5.69 Å². The highest BCUT2D eigenvalue weighted by Crippen LogP contribution is 2.18. The van der Waals surface area contributed by atoms with E-state index in [4.69, 9.17) is 9.47 Å². The predicted octanol–water partition coefficient (Wildman–Crippen LogP) is 2.58. The number of hydrogen-bond donors (Lipinski definition) is 1. The molecule has 1 heterocycles. The largest absolute Gasteiger partial charge is 0.482 e. The lowest BCUT2D eigenvalue weighted by Crippen LogP contribution is -2.15. The molecule has 6 heteroatoms. The standard InChI is InChI=1S/C17H18N2O4/c1-3-22-16(20)11-23-15-6-4-5-14(9-15)19-17(21)13-8-7-12(2)18-10-13/h4-10H,3,11H2,1-2H3,(H,19,21). The first-order valence-corrected chi connectivity index (χ1v) is 7.21. The predicted molar refractivity (Wildman–Crippen MR) is 85.5 cm³/mol. The molecule has 0 fully saturated rings. The quantitative estimate of drug-likeness (QED) is 0.829. The number of hydrogen-bond acceptors (Lipinski definition) is 5. The molecular weight excluding hydrogens is 296 g/mol. The van der Waals surface area contributed by atoms with Crippen LogP contribution in [0.5, 0.6) is 5.75 Å². The highest BCUT2D eigenvalue weighted by atomic mass is 16.6. The van der Waals surface area contributed by atoms with E-state index in [0.717, 1.165) is 5.69 Å². The van der Waals surface area contributed by atoms with Crippen molar-refractivity contribution in [2.24, 2.45) is 0 Å². The Balaban J connectivity index is 1.98. The number of anilines is 1. The zero-order chi connectivity index (χ0) is 16.7. The summed E-state index contributed by atoms with van der Waals surface area (Å²) in [4.78, 5) is 27.5. The smallest absolute Gasteiger partial charge is 0.344 e. The van der Waals surface area contributed by atoms with Gasteiger partial charge in [-0.2, -0.15) is 0 Å². The first kappa shape index (κ1) is 16.5. The fourth-order valence-electron chi connectivity index (χ4n) is 1.81. The Labute approximate surface area is 134 Å². The van der Waals surface area contributed by atoms with Crippen LogP contribution >= 0.6 is 0 Å². The third-order valence-electron chi connectivity index (χ3n) is 2.93. The van der Waals surface area contributed by atoms with Crippen molar-refractivity contribution >= 4 is 17.6 Å². The van der Waals surface area contributed by atoms with Gasteiger partial charge in [0.15, 0.2) is 6.61 Å². The maximum absolute atomic E-state index is 12.1. The van der Waals surface area contributed by atoms with E-state index >= 15 is 0 Å². The number of esters is 1. The van der Waals surface area contributed by atoms with Gasteiger partial charge in [0.1, 0.15) is 5.75 Å². The Kier molecular flexibility index (Phi) is 5.68. The third-order valence-corrected chi connectivity index (χ3v) is 2.93. The Morgan fingerprint density at radius 3 is 2.74 bits per heavy atom. The number of nitrogens with one attached hydrogen (secondary N) is 1. The van der Waals surface area contributed by atoms with E-state index in [2.05, 4.69) is 10.3 Å². The molecule has 23 heavy (non-hydrogen) atoms. The van der Waals surface area contributed by atoms with Crippen molar-refractivity contribution in [2.75, 3.05) is 18.5 Å². The van der Waals surface area contributed by atoms with E-state index < -0.39 is 5.97 Å². The number of amides is 1. The second-order valence-corrected chi connectivity index (χ2v) is 4.76. The number of carbonyl (C=O) groups excluding carboxylic acids is 2. The van der Waals surface area contributed by atoms with Crippen LogP contribution in [0.2, 0.25) is 0 Å². The molecule has 0 spiro atoms. The van der Waals surface area contributed by atoms with Crippen molar-refractivity contribution in [3.8, 4) is 5.75 Å². The van der Waals surface area contributed by atoms with Gasteiger partial charge < -0.3 is 14.8 Å². The zero-order valence-corrected chi connectivity index (χ0v) is 13.0. The van der Waals surface area contributed by atoms with Crippen molar-refractivity contribution in [2.45, 2.75) is 13.8 Å². The second kappa shape index (κ2) is 7.93. The Morgan fingerprint density at radius 1 is 1.22 bits per heavy atom. The van der Waals surface area contributed by atoms with E-state index in [1.807, 2.05) is 6.92 Å². The first-order chi connectivity index (χ1) is 11.1. The van der Waals surface area contributed by atoms with Gasteiger partial charge in [-0.05, 0) is 38.1 Å². The number of nitrogens with zero attached hydrogens (tertiary/aromatic N) is 1. The molecule has 0 bridgehead atoms. The highest BCUT2D eigenvalue weighted by molar-refractivity contribution is 6.04. The summed E-state index contributed by atoms with van der Waals surface area (Å²) in [6.07, 6.45) is 1.52. The normalized spacial score (nSPS) is 10.0. The monoisotopic (exact) mass is 314 g/mol. The van der Waals surface area contributed by atoms with E-state index in [-0.39, 0.29) is 12.5 Å². The Hall–Kier alpha value is -2.89. The molecule has 1 aromatic carbocycles. The number of carbonyl (C=O) groups is 2. The molecule has 6 nitrogen and oxygen atoms in total. The van der Waals surface area contributed by atoms with E-state index in [9.17, 15) is 9.59 Å². The Morgan fingerprint density at radius 2 is 2.04 bits per heavy atom. The van der Waals surface area contributed by atoms with Crippen molar-refractivity contribution in [1.82, 2.24) is 4.98 Å². The molecule has 0 saturated carbocycles. The summed E-state index contributed by atoms with van der Waals surface area (Å²) >= 11 is 0. The van der Waals surface area contributed by atoms with Crippen LogP contribution < -0.4 is 10.1 Å². The SMILES string of the molecule is CCOC(=O)COc1cccc(NC(=O)c2ccc(C)nc2)c1. The van der Waals surface area contributed by atoms with Crippen molar-refractivity contribution < 1.29 is 19.1 Å². The summed E-state index contributed by atoms with van der Waals surface area (Å²) in [5, 5.41) is 2.76. The first-order valence-electron chi connectivity index (χ1n) is 7.21. The van der Waals surface area contributed by atoms with Crippen molar-refractivity contribution in [1.29, 1.82) is 0 Å². The van der Waals surface area contributed by atoms with Crippen LogP contribution in [-0.4, -0.2) is 30.1 Å². The average molecular weight is 314 g/mol. The molecule has 0 aliphatic heterocycles. The zero-order valence-electron chi connectivity index (χ0n) is 13.0. The van der Waals surface area contributed by atoms with E-state index in [1.54, 1.807) is 43.3 Å². The summed E-state index contributed by atoms with van der Waals surface area (Å²) in [6, 6.07) is 10.3.